The number of nitriles is 1. The molecule has 23 heavy (non-hydrogen) atoms. The number of hydrogen-bond acceptors (Lipinski definition) is 8. The van der Waals surface area contributed by atoms with Crippen molar-refractivity contribution in [3.63, 3.8) is 0 Å². The smallest absolute Gasteiger partial charge is 0.270 e. The summed E-state index contributed by atoms with van der Waals surface area (Å²) in [6.45, 7) is 0.875. The van der Waals surface area contributed by atoms with Gasteiger partial charge in [-0.15, -0.1) is 4.91 Å². The lowest BCUT2D eigenvalue weighted by atomic mass is 10.1. The fourth-order valence-corrected chi connectivity index (χ4v) is 2.07. The molecular weight excluding hydrogens is 306 g/mol. The molecule has 0 spiro atoms. The van der Waals surface area contributed by atoms with Gasteiger partial charge in [0.25, 0.3) is 5.91 Å². The molecule has 0 atom stereocenters. The molecule has 1 heterocycles. The van der Waals surface area contributed by atoms with Crippen molar-refractivity contribution in [2.24, 2.45) is 5.18 Å². The Morgan fingerprint density at radius 3 is 2.70 bits per heavy atom. The van der Waals surface area contributed by atoms with E-state index in [1.54, 1.807) is 6.07 Å². The van der Waals surface area contributed by atoms with E-state index >= 15 is 0 Å². The zero-order valence-electron chi connectivity index (χ0n) is 11.9. The molecule has 1 aliphatic heterocycles. The first kappa shape index (κ1) is 16.3. The Kier molecular flexibility index (Phi) is 4.78. The Balaban J connectivity index is 2.45. The van der Waals surface area contributed by atoms with Crippen LogP contribution in [0.1, 0.15) is 12.0 Å². The lowest BCUT2D eigenvalue weighted by Gasteiger charge is -2.26. The van der Waals surface area contributed by atoms with Crippen LogP contribution >= 0.6 is 0 Å². The lowest BCUT2D eigenvalue weighted by molar-refractivity contribution is -0.135. The van der Waals surface area contributed by atoms with Gasteiger partial charge in [0.05, 0.1) is 6.61 Å². The van der Waals surface area contributed by atoms with E-state index in [4.69, 9.17) is 10.00 Å². The summed E-state index contributed by atoms with van der Waals surface area (Å²) >= 11 is 0. The van der Waals surface area contributed by atoms with Gasteiger partial charge in [-0.25, -0.2) is 0 Å². The standard InChI is InChI=1S/C14H13N3O6/c15-6-9(14(21)17-2-1-3-23-7-17)12(19)8-4-10(16-22)13(20)11(18)5-8/h4-5,18-20H,1-3,7H2/b12-9-. The van der Waals surface area contributed by atoms with Gasteiger partial charge in [0, 0.05) is 12.1 Å². The fraction of sp³-hybridized carbons (Fsp3) is 0.286. The molecule has 3 N–H and O–H groups in total. The molecule has 120 valence electrons. The number of hydrogen-bond donors (Lipinski definition) is 3. The highest BCUT2D eigenvalue weighted by molar-refractivity contribution is 6.03. The second-order valence-electron chi connectivity index (χ2n) is 4.75. The van der Waals surface area contributed by atoms with Crippen molar-refractivity contribution in [1.82, 2.24) is 4.90 Å². The first-order valence-electron chi connectivity index (χ1n) is 6.59. The minimum absolute atomic E-state index is 0.000730. The number of aliphatic hydroxyl groups excluding tert-OH is 1. The number of nitroso groups, excluding NO2 is 1. The maximum atomic E-state index is 12.3. The predicted octanol–water partition coefficient (Wildman–Crippen LogP) is 1.49. The van der Waals surface area contributed by atoms with Crippen LogP contribution in [0.3, 0.4) is 0 Å². The average molecular weight is 319 g/mol. The summed E-state index contributed by atoms with van der Waals surface area (Å²) < 4.78 is 5.12. The molecule has 0 aliphatic carbocycles. The van der Waals surface area contributed by atoms with Crippen LogP contribution in [-0.4, -0.2) is 46.0 Å². The molecular formula is C14H13N3O6. The molecule has 1 saturated heterocycles. The van der Waals surface area contributed by atoms with E-state index in [1.807, 2.05) is 0 Å². The largest absolute Gasteiger partial charge is 0.506 e. The van der Waals surface area contributed by atoms with Gasteiger partial charge in [0.15, 0.2) is 22.8 Å². The number of carbonyl (C=O) groups is 1. The number of amides is 1. The molecule has 2 rings (SSSR count). The SMILES string of the molecule is N#C/C(C(=O)N1CCCOC1)=C(/O)c1cc(O)c(O)c(N=O)c1. The summed E-state index contributed by atoms with van der Waals surface area (Å²) in [5.41, 5.74) is -1.30. The van der Waals surface area contributed by atoms with Crippen LogP contribution in [0.2, 0.25) is 0 Å². The van der Waals surface area contributed by atoms with Gasteiger partial charge >= 0.3 is 0 Å². The highest BCUT2D eigenvalue weighted by Crippen LogP contribution is 2.38. The number of phenols is 2. The van der Waals surface area contributed by atoms with Crippen LogP contribution in [0.15, 0.2) is 22.9 Å². The molecule has 9 heteroatoms. The highest BCUT2D eigenvalue weighted by Gasteiger charge is 2.25. The van der Waals surface area contributed by atoms with Crippen LogP contribution in [0.5, 0.6) is 11.5 Å². The van der Waals surface area contributed by atoms with E-state index in [9.17, 15) is 25.0 Å². The van der Waals surface area contributed by atoms with Crippen LogP contribution in [0.25, 0.3) is 5.76 Å². The third-order valence-corrected chi connectivity index (χ3v) is 3.25. The molecule has 1 aromatic carbocycles. The molecule has 0 unspecified atom stereocenters. The molecule has 0 saturated carbocycles. The van der Waals surface area contributed by atoms with Gasteiger partial charge in [0.2, 0.25) is 0 Å². The number of rotatable bonds is 3. The molecule has 1 amide bonds. The Bertz CT molecular complexity index is 716. The maximum Gasteiger partial charge on any atom is 0.270 e. The van der Waals surface area contributed by atoms with Crippen LogP contribution in [-0.2, 0) is 9.53 Å². The number of ether oxygens (including phenoxy) is 1. The van der Waals surface area contributed by atoms with Crippen molar-refractivity contribution >= 4 is 17.4 Å². The number of aliphatic hydroxyl groups is 1. The minimum atomic E-state index is -0.759. The molecule has 1 aromatic rings. The van der Waals surface area contributed by atoms with Crippen molar-refractivity contribution < 1.29 is 24.9 Å². The van der Waals surface area contributed by atoms with Gasteiger partial charge in [0.1, 0.15) is 18.6 Å². The number of nitrogens with zero attached hydrogens (tertiary/aromatic N) is 3. The third kappa shape index (κ3) is 3.22. The molecule has 1 fully saturated rings. The number of benzene rings is 1. The zero-order chi connectivity index (χ0) is 17.0. The Morgan fingerprint density at radius 2 is 2.13 bits per heavy atom. The van der Waals surface area contributed by atoms with Crippen molar-refractivity contribution in [2.75, 3.05) is 19.9 Å². The molecule has 9 nitrogen and oxygen atoms in total. The van der Waals surface area contributed by atoms with E-state index in [1.165, 1.54) is 4.90 Å². The average Bonchev–Trinajstić information content (AvgIpc) is 2.58. The minimum Gasteiger partial charge on any atom is -0.506 e. The van der Waals surface area contributed by atoms with Crippen LogP contribution < -0.4 is 0 Å². The van der Waals surface area contributed by atoms with E-state index in [0.717, 1.165) is 12.1 Å². The number of phenolic OH excluding ortho intramolecular Hbond substituents is 2. The molecule has 0 aromatic heterocycles. The monoisotopic (exact) mass is 319 g/mol. The summed E-state index contributed by atoms with van der Waals surface area (Å²) in [7, 11) is 0. The van der Waals surface area contributed by atoms with E-state index in [-0.39, 0.29) is 12.3 Å². The second kappa shape index (κ2) is 6.76. The summed E-state index contributed by atoms with van der Waals surface area (Å²) in [6.07, 6.45) is 0.602. The fourth-order valence-electron chi connectivity index (χ4n) is 2.07. The number of aromatic hydroxyl groups is 2. The van der Waals surface area contributed by atoms with Gasteiger partial charge in [-0.1, -0.05) is 0 Å². The van der Waals surface area contributed by atoms with Crippen LogP contribution in [0, 0.1) is 16.2 Å². The lowest BCUT2D eigenvalue weighted by Crippen LogP contribution is -2.39. The Labute approximate surface area is 130 Å². The van der Waals surface area contributed by atoms with E-state index in [0.29, 0.717) is 19.6 Å². The third-order valence-electron chi connectivity index (χ3n) is 3.25. The van der Waals surface area contributed by atoms with E-state index < -0.39 is 34.4 Å². The molecule has 0 radical (unpaired) electrons. The van der Waals surface area contributed by atoms with Gasteiger partial charge in [-0.05, 0) is 23.7 Å². The topological polar surface area (TPSA) is 143 Å². The summed E-state index contributed by atoms with van der Waals surface area (Å²) in [4.78, 5) is 24.1. The Morgan fingerprint density at radius 1 is 1.39 bits per heavy atom. The quantitative estimate of drug-likeness (QED) is 0.252. The maximum absolute atomic E-state index is 12.3. The predicted molar refractivity (Wildman–Crippen MR) is 77.5 cm³/mol. The van der Waals surface area contributed by atoms with Crippen molar-refractivity contribution in [3.8, 4) is 17.6 Å². The summed E-state index contributed by atoms with van der Waals surface area (Å²) in [5, 5.41) is 40.7. The second-order valence-corrected chi connectivity index (χ2v) is 4.75. The van der Waals surface area contributed by atoms with E-state index in [2.05, 4.69) is 5.18 Å². The number of carbonyl (C=O) groups excluding carboxylic acids is 1. The first-order valence-corrected chi connectivity index (χ1v) is 6.59. The van der Waals surface area contributed by atoms with Gasteiger partial charge < -0.3 is 25.0 Å². The first-order chi connectivity index (χ1) is 11.0. The molecule has 1 aliphatic rings. The van der Waals surface area contributed by atoms with Crippen molar-refractivity contribution in [3.05, 3.63) is 28.2 Å². The van der Waals surface area contributed by atoms with Crippen molar-refractivity contribution in [1.29, 1.82) is 5.26 Å². The molecule has 0 bridgehead atoms. The highest BCUT2D eigenvalue weighted by atomic mass is 16.5. The normalized spacial score (nSPS) is 15.5. The van der Waals surface area contributed by atoms with Gasteiger partial charge in [-0.3, -0.25) is 4.79 Å². The van der Waals surface area contributed by atoms with Gasteiger partial charge in [-0.2, -0.15) is 5.26 Å². The Hall–Kier alpha value is -3.12. The zero-order valence-corrected chi connectivity index (χ0v) is 11.9. The summed E-state index contributed by atoms with van der Waals surface area (Å²) in [5.74, 6) is -2.94. The summed E-state index contributed by atoms with van der Waals surface area (Å²) in [6, 6.07) is 3.47. The van der Waals surface area contributed by atoms with Crippen LogP contribution in [0.4, 0.5) is 5.69 Å². The van der Waals surface area contributed by atoms with Crippen molar-refractivity contribution in [2.45, 2.75) is 6.42 Å².